The van der Waals surface area contributed by atoms with Crippen LogP contribution in [0.25, 0.3) is 0 Å². The maximum Gasteiger partial charge on any atom is 0.120 e. The van der Waals surface area contributed by atoms with E-state index in [9.17, 15) is 0 Å². The number of hydrogen-bond acceptors (Lipinski definition) is 2. The molecule has 0 aliphatic carbocycles. The van der Waals surface area contributed by atoms with Crippen molar-refractivity contribution in [2.24, 2.45) is 5.73 Å². The zero-order valence-electron chi connectivity index (χ0n) is 11.4. The van der Waals surface area contributed by atoms with Crippen LogP contribution < -0.4 is 10.5 Å². The number of benzene rings is 1. The highest BCUT2D eigenvalue weighted by Crippen LogP contribution is 2.24. The molecule has 0 radical (unpaired) electrons. The predicted molar refractivity (Wildman–Crippen MR) is 81.0 cm³/mol. The van der Waals surface area contributed by atoms with Crippen molar-refractivity contribution < 1.29 is 4.74 Å². The Morgan fingerprint density at radius 3 is 2.78 bits per heavy atom. The molecular formula is C15H22BrNO. The molecular weight excluding hydrogens is 290 g/mol. The minimum atomic E-state index is 0.203. The van der Waals surface area contributed by atoms with Crippen LogP contribution in [0, 0.1) is 0 Å². The second-order valence-electron chi connectivity index (χ2n) is 4.72. The topological polar surface area (TPSA) is 35.2 Å². The molecule has 2 N–H and O–H groups in total. The average Bonchev–Trinajstić information content (AvgIpc) is 2.32. The van der Waals surface area contributed by atoms with Gasteiger partial charge in [-0.2, -0.15) is 0 Å². The third kappa shape index (κ3) is 5.23. The van der Waals surface area contributed by atoms with Crippen molar-refractivity contribution in [3.05, 3.63) is 39.9 Å². The average molecular weight is 312 g/mol. The van der Waals surface area contributed by atoms with E-state index in [1.54, 1.807) is 0 Å². The van der Waals surface area contributed by atoms with E-state index in [0.717, 1.165) is 23.1 Å². The van der Waals surface area contributed by atoms with Crippen LogP contribution in [0.1, 0.15) is 32.8 Å². The Balaban J connectivity index is 2.71. The summed E-state index contributed by atoms with van der Waals surface area (Å²) in [6.45, 7) is 6.85. The highest BCUT2D eigenvalue weighted by Gasteiger charge is 2.06. The van der Waals surface area contributed by atoms with Gasteiger partial charge in [0, 0.05) is 10.5 Å². The lowest BCUT2D eigenvalue weighted by Gasteiger charge is -2.12. The smallest absolute Gasteiger partial charge is 0.120 e. The fourth-order valence-electron chi connectivity index (χ4n) is 1.53. The molecule has 0 spiro atoms. The quantitative estimate of drug-likeness (QED) is 0.804. The molecule has 0 fully saturated rings. The Labute approximate surface area is 118 Å². The van der Waals surface area contributed by atoms with Crippen molar-refractivity contribution in [1.82, 2.24) is 0 Å². The van der Waals surface area contributed by atoms with E-state index in [2.05, 4.69) is 48.8 Å². The maximum atomic E-state index is 5.99. The zero-order valence-corrected chi connectivity index (χ0v) is 13.0. The van der Waals surface area contributed by atoms with Crippen LogP contribution in [0.3, 0.4) is 0 Å². The molecule has 0 saturated carbocycles. The van der Waals surface area contributed by atoms with Crippen LogP contribution in [-0.4, -0.2) is 12.6 Å². The SMILES string of the molecule is CCC(N)Cc1cc(OCC=C(C)C)ccc1Br. The van der Waals surface area contributed by atoms with Gasteiger partial charge in [0.1, 0.15) is 12.4 Å². The van der Waals surface area contributed by atoms with Crippen LogP contribution in [0.2, 0.25) is 0 Å². The summed E-state index contributed by atoms with van der Waals surface area (Å²) in [7, 11) is 0. The van der Waals surface area contributed by atoms with E-state index in [0.29, 0.717) is 6.61 Å². The van der Waals surface area contributed by atoms with Crippen molar-refractivity contribution in [3.8, 4) is 5.75 Å². The summed E-state index contributed by atoms with van der Waals surface area (Å²) in [6, 6.07) is 6.27. The lowest BCUT2D eigenvalue weighted by Crippen LogP contribution is -2.21. The van der Waals surface area contributed by atoms with Gasteiger partial charge in [-0.3, -0.25) is 0 Å². The van der Waals surface area contributed by atoms with Gasteiger partial charge in [0.2, 0.25) is 0 Å². The molecule has 1 atom stereocenters. The van der Waals surface area contributed by atoms with E-state index in [1.807, 2.05) is 12.1 Å². The molecule has 0 heterocycles. The summed E-state index contributed by atoms with van der Waals surface area (Å²) in [5.41, 5.74) is 8.46. The molecule has 0 aliphatic heterocycles. The molecule has 1 aromatic rings. The van der Waals surface area contributed by atoms with Gasteiger partial charge in [-0.1, -0.05) is 28.4 Å². The van der Waals surface area contributed by atoms with E-state index in [4.69, 9.17) is 10.5 Å². The van der Waals surface area contributed by atoms with Gasteiger partial charge >= 0.3 is 0 Å². The van der Waals surface area contributed by atoms with Gasteiger partial charge in [-0.15, -0.1) is 0 Å². The number of halogens is 1. The van der Waals surface area contributed by atoms with Gasteiger partial charge < -0.3 is 10.5 Å². The molecule has 0 amide bonds. The molecule has 0 aliphatic rings. The Morgan fingerprint density at radius 1 is 1.44 bits per heavy atom. The normalized spacial score (nSPS) is 12.1. The van der Waals surface area contributed by atoms with Crippen molar-refractivity contribution in [2.45, 2.75) is 39.7 Å². The van der Waals surface area contributed by atoms with E-state index >= 15 is 0 Å². The van der Waals surface area contributed by atoms with Gasteiger partial charge in [-0.25, -0.2) is 0 Å². The van der Waals surface area contributed by atoms with E-state index in [-0.39, 0.29) is 6.04 Å². The molecule has 2 nitrogen and oxygen atoms in total. The summed E-state index contributed by atoms with van der Waals surface area (Å²) >= 11 is 3.56. The molecule has 18 heavy (non-hydrogen) atoms. The third-order valence-electron chi connectivity index (χ3n) is 2.77. The van der Waals surface area contributed by atoms with Crippen molar-refractivity contribution in [1.29, 1.82) is 0 Å². The van der Waals surface area contributed by atoms with Gasteiger partial charge in [0.05, 0.1) is 0 Å². The van der Waals surface area contributed by atoms with Gasteiger partial charge in [0.25, 0.3) is 0 Å². The molecule has 0 saturated heterocycles. The van der Waals surface area contributed by atoms with Crippen molar-refractivity contribution in [3.63, 3.8) is 0 Å². The highest BCUT2D eigenvalue weighted by molar-refractivity contribution is 9.10. The Hall–Kier alpha value is -0.800. The Morgan fingerprint density at radius 2 is 2.17 bits per heavy atom. The maximum absolute atomic E-state index is 5.99. The molecule has 0 aromatic heterocycles. The Kier molecular flexibility index (Phi) is 6.44. The van der Waals surface area contributed by atoms with Gasteiger partial charge in [0.15, 0.2) is 0 Å². The summed E-state index contributed by atoms with van der Waals surface area (Å²) in [4.78, 5) is 0. The Bertz CT molecular complexity index is 411. The molecule has 3 heteroatoms. The minimum absolute atomic E-state index is 0.203. The molecule has 0 bridgehead atoms. The van der Waals surface area contributed by atoms with Crippen LogP contribution in [0.4, 0.5) is 0 Å². The van der Waals surface area contributed by atoms with Crippen LogP contribution in [0.15, 0.2) is 34.3 Å². The van der Waals surface area contributed by atoms with E-state index in [1.165, 1.54) is 11.1 Å². The lowest BCUT2D eigenvalue weighted by molar-refractivity contribution is 0.361. The second kappa shape index (κ2) is 7.59. The third-order valence-corrected chi connectivity index (χ3v) is 3.54. The number of hydrogen-bond donors (Lipinski definition) is 1. The lowest BCUT2D eigenvalue weighted by atomic mass is 10.0. The number of rotatable bonds is 6. The predicted octanol–water partition coefficient (Wildman–Crippen LogP) is 4.07. The first kappa shape index (κ1) is 15.3. The fourth-order valence-corrected chi connectivity index (χ4v) is 1.94. The van der Waals surface area contributed by atoms with Crippen LogP contribution in [-0.2, 0) is 6.42 Å². The first-order valence-corrected chi connectivity index (χ1v) is 7.12. The molecule has 1 unspecified atom stereocenters. The van der Waals surface area contributed by atoms with Gasteiger partial charge in [-0.05, 0) is 56.5 Å². The molecule has 1 aromatic carbocycles. The first-order chi connectivity index (χ1) is 8.52. The monoisotopic (exact) mass is 311 g/mol. The van der Waals surface area contributed by atoms with Crippen LogP contribution >= 0.6 is 15.9 Å². The summed E-state index contributed by atoms with van der Waals surface area (Å²) in [5, 5.41) is 0. The van der Waals surface area contributed by atoms with Crippen molar-refractivity contribution in [2.75, 3.05) is 6.61 Å². The summed E-state index contributed by atoms with van der Waals surface area (Å²) in [5.74, 6) is 0.897. The van der Waals surface area contributed by atoms with Crippen molar-refractivity contribution >= 4 is 15.9 Å². The molecule has 100 valence electrons. The number of allylic oxidation sites excluding steroid dienone is 1. The second-order valence-corrected chi connectivity index (χ2v) is 5.57. The largest absolute Gasteiger partial charge is 0.490 e. The first-order valence-electron chi connectivity index (χ1n) is 6.33. The fraction of sp³-hybridized carbons (Fsp3) is 0.467. The standard InChI is InChI=1S/C15H22BrNO/c1-4-13(17)9-12-10-14(5-6-15(12)16)18-8-7-11(2)3/h5-7,10,13H,4,8-9,17H2,1-3H3. The van der Waals surface area contributed by atoms with Crippen LogP contribution in [0.5, 0.6) is 5.75 Å². The zero-order chi connectivity index (χ0) is 13.5. The summed E-state index contributed by atoms with van der Waals surface area (Å²) < 4.78 is 6.79. The minimum Gasteiger partial charge on any atom is -0.490 e. The highest BCUT2D eigenvalue weighted by atomic mass is 79.9. The molecule has 1 rings (SSSR count). The number of ether oxygens (including phenoxy) is 1. The number of nitrogens with two attached hydrogens (primary N) is 1. The summed E-state index contributed by atoms with van der Waals surface area (Å²) in [6.07, 6.45) is 3.92. The van der Waals surface area contributed by atoms with E-state index < -0.39 is 0 Å².